The molecule has 0 aliphatic carbocycles. The maximum Gasteiger partial charge on any atom is 0.264 e. The standard InChI is InChI=1S/C15H16F2N2O.CH4N2O/c1-10-5-4-8-19-15(10)20-9-12-11(14(16)17)6-3-7-13(12)18-2;2-3-1-4/h3-8,14,18H,9H2,1-2H3;1H,2H2,(H,3,4). The predicted octanol–water partition coefficient (Wildman–Crippen LogP) is 2.55. The summed E-state index contributed by atoms with van der Waals surface area (Å²) in [6.07, 6.45) is -0.521. The molecular formula is C16H20F2N4O2. The van der Waals surface area contributed by atoms with E-state index in [1.807, 2.05) is 13.0 Å². The van der Waals surface area contributed by atoms with Gasteiger partial charge in [0.25, 0.3) is 6.43 Å². The molecule has 0 aliphatic heterocycles. The van der Waals surface area contributed by atoms with Gasteiger partial charge in [-0.3, -0.25) is 10.2 Å². The summed E-state index contributed by atoms with van der Waals surface area (Å²) >= 11 is 0. The highest BCUT2D eigenvalue weighted by Crippen LogP contribution is 2.29. The number of benzene rings is 1. The molecule has 1 aromatic carbocycles. The third-order valence-electron chi connectivity index (χ3n) is 3.10. The molecular weight excluding hydrogens is 318 g/mol. The monoisotopic (exact) mass is 338 g/mol. The molecule has 1 aromatic heterocycles. The van der Waals surface area contributed by atoms with E-state index in [1.165, 1.54) is 6.07 Å². The fraction of sp³-hybridized carbons (Fsp3) is 0.250. The molecule has 0 saturated carbocycles. The van der Waals surface area contributed by atoms with Crippen LogP contribution in [0.2, 0.25) is 0 Å². The Kier molecular flexibility index (Phi) is 8.14. The Balaban J connectivity index is 0.000000648. The molecule has 0 fully saturated rings. The number of rotatable bonds is 6. The molecule has 0 saturated heterocycles. The Morgan fingerprint density at radius 2 is 2.04 bits per heavy atom. The van der Waals surface area contributed by atoms with Gasteiger partial charge < -0.3 is 10.1 Å². The summed E-state index contributed by atoms with van der Waals surface area (Å²) in [5.41, 5.74) is 3.69. The van der Waals surface area contributed by atoms with Crippen molar-refractivity contribution in [2.75, 3.05) is 12.4 Å². The topological polar surface area (TPSA) is 89.3 Å². The maximum atomic E-state index is 13.0. The number of nitrogens with one attached hydrogen (secondary N) is 2. The molecule has 0 bridgehead atoms. The first-order valence-electron chi connectivity index (χ1n) is 7.07. The Bertz CT molecular complexity index is 654. The number of aryl methyl sites for hydroxylation is 1. The van der Waals surface area contributed by atoms with Crippen LogP contribution in [0.5, 0.6) is 5.88 Å². The highest BCUT2D eigenvalue weighted by atomic mass is 19.3. The van der Waals surface area contributed by atoms with E-state index in [4.69, 9.17) is 9.53 Å². The number of nitrogens with zero attached hydrogens (tertiary/aromatic N) is 1. The molecule has 0 radical (unpaired) electrons. The highest BCUT2D eigenvalue weighted by Gasteiger charge is 2.16. The van der Waals surface area contributed by atoms with Crippen molar-refractivity contribution in [2.45, 2.75) is 20.0 Å². The van der Waals surface area contributed by atoms with E-state index in [0.717, 1.165) is 5.56 Å². The molecule has 6 nitrogen and oxygen atoms in total. The third-order valence-corrected chi connectivity index (χ3v) is 3.10. The van der Waals surface area contributed by atoms with E-state index in [9.17, 15) is 8.78 Å². The van der Waals surface area contributed by atoms with Gasteiger partial charge in [0.05, 0.1) is 0 Å². The van der Waals surface area contributed by atoms with Crippen molar-refractivity contribution in [3.8, 4) is 5.88 Å². The van der Waals surface area contributed by atoms with E-state index in [2.05, 4.69) is 16.1 Å². The predicted molar refractivity (Wildman–Crippen MR) is 87.6 cm³/mol. The van der Waals surface area contributed by atoms with Gasteiger partial charge in [-0.25, -0.2) is 19.6 Å². The van der Waals surface area contributed by atoms with Crippen molar-refractivity contribution in [1.29, 1.82) is 0 Å². The van der Waals surface area contributed by atoms with Gasteiger partial charge >= 0.3 is 0 Å². The van der Waals surface area contributed by atoms with E-state index < -0.39 is 6.43 Å². The SMILES string of the molecule is CNc1cccc(C(F)F)c1COc1ncccc1C.NNC=O. The number of anilines is 1. The molecule has 1 amide bonds. The lowest BCUT2D eigenvalue weighted by Crippen LogP contribution is -2.18. The number of carbonyl (C=O) groups is 1. The van der Waals surface area contributed by atoms with Crippen LogP contribution in [0.3, 0.4) is 0 Å². The molecule has 0 atom stereocenters. The van der Waals surface area contributed by atoms with Crippen LogP contribution in [0, 0.1) is 6.92 Å². The van der Waals surface area contributed by atoms with Gasteiger partial charge in [-0.2, -0.15) is 0 Å². The summed E-state index contributed by atoms with van der Waals surface area (Å²) in [6, 6.07) is 8.42. The van der Waals surface area contributed by atoms with E-state index in [1.54, 1.807) is 36.9 Å². The van der Waals surface area contributed by atoms with E-state index in [-0.39, 0.29) is 12.2 Å². The second kappa shape index (κ2) is 10.1. The van der Waals surface area contributed by atoms with Crippen LogP contribution in [0.15, 0.2) is 36.5 Å². The smallest absolute Gasteiger partial charge is 0.264 e. The van der Waals surface area contributed by atoms with Crippen molar-refractivity contribution in [3.63, 3.8) is 0 Å². The van der Waals surface area contributed by atoms with Gasteiger partial charge in [-0.15, -0.1) is 0 Å². The summed E-state index contributed by atoms with van der Waals surface area (Å²) in [7, 11) is 1.69. The number of pyridine rings is 1. The average molecular weight is 338 g/mol. The summed E-state index contributed by atoms with van der Waals surface area (Å²) in [5.74, 6) is 4.87. The average Bonchev–Trinajstić information content (AvgIpc) is 2.60. The number of hydrogen-bond acceptors (Lipinski definition) is 5. The number of aromatic nitrogens is 1. The number of carbonyl (C=O) groups excluding carboxylic acids is 1. The first kappa shape index (κ1) is 19.3. The first-order chi connectivity index (χ1) is 11.5. The Morgan fingerprint density at radius 3 is 2.58 bits per heavy atom. The lowest BCUT2D eigenvalue weighted by Gasteiger charge is -2.15. The zero-order valence-corrected chi connectivity index (χ0v) is 13.4. The van der Waals surface area contributed by atoms with Gasteiger partial charge in [0.2, 0.25) is 12.3 Å². The summed E-state index contributed by atoms with van der Waals surface area (Å²) < 4.78 is 31.7. The van der Waals surface area contributed by atoms with Crippen molar-refractivity contribution in [2.24, 2.45) is 5.84 Å². The van der Waals surface area contributed by atoms with Crippen molar-refractivity contribution < 1.29 is 18.3 Å². The minimum Gasteiger partial charge on any atom is -0.473 e. The molecule has 130 valence electrons. The molecule has 4 N–H and O–H groups in total. The molecule has 1 heterocycles. The van der Waals surface area contributed by atoms with Crippen LogP contribution in [0.4, 0.5) is 14.5 Å². The molecule has 0 aliphatic rings. The van der Waals surface area contributed by atoms with Gasteiger partial charge in [0.1, 0.15) is 6.61 Å². The zero-order valence-electron chi connectivity index (χ0n) is 13.4. The molecule has 0 spiro atoms. The molecule has 2 rings (SSSR count). The number of nitrogens with two attached hydrogens (primary N) is 1. The van der Waals surface area contributed by atoms with Gasteiger partial charge in [-0.1, -0.05) is 18.2 Å². The van der Waals surface area contributed by atoms with Crippen LogP contribution in [-0.2, 0) is 11.4 Å². The number of ether oxygens (including phenoxy) is 1. The van der Waals surface area contributed by atoms with Crippen LogP contribution >= 0.6 is 0 Å². The number of halogens is 2. The second-order valence-corrected chi connectivity index (χ2v) is 4.62. The van der Waals surface area contributed by atoms with Crippen LogP contribution in [-0.4, -0.2) is 18.4 Å². The molecule has 8 heteroatoms. The second-order valence-electron chi connectivity index (χ2n) is 4.62. The number of amides is 1. The molecule has 2 aromatic rings. The van der Waals surface area contributed by atoms with Crippen molar-refractivity contribution in [1.82, 2.24) is 10.4 Å². The minimum absolute atomic E-state index is 0.0227. The van der Waals surface area contributed by atoms with Gasteiger partial charge in [0, 0.05) is 35.6 Å². The lowest BCUT2D eigenvalue weighted by atomic mass is 10.1. The highest BCUT2D eigenvalue weighted by molar-refractivity contribution is 5.54. The van der Waals surface area contributed by atoms with Crippen LogP contribution in [0.25, 0.3) is 0 Å². The van der Waals surface area contributed by atoms with Crippen molar-refractivity contribution >= 4 is 12.1 Å². The van der Waals surface area contributed by atoms with E-state index >= 15 is 0 Å². The number of hydrazine groups is 1. The zero-order chi connectivity index (χ0) is 17.9. The third kappa shape index (κ3) is 5.47. The fourth-order valence-electron chi connectivity index (χ4n) is 1.97. The van der Waals surface area contributed by atoms with Crippen LogP contribution in [0.1, 0.15) is 23.1 Å². The Labute approximate surface area is 139 Å². The van der Waals surface area contributed by atoms with Gasteiger partial charge in [-0.05, 0) is 19.1 Å². The summed E-state index contributed by atoms with van der Waals surface area (Å²) in [5, 5.41) is 2.91. The van der Waals surface area contributed by atoms with Crippen LogP contribution < -0.4 is 21.3 Å². The minimum atomic E-state index is -2.54. The Morgan fingerprint density at radius 1 is 1.33 bits per heavy atom. The molecule has 24 heavy (non-hydrogen) atoms. The van der Waals surface area contributed by atoms with E-state index in [0.29, 0.717) is 23.5 Å². The normalized spacial score (nSPS) is 9.75. The largest absolute Gasteiger partial charge is 0.473 e. The molecule has 0 unspecified atom stereocenters. The van der Waals surface area contributed by atoms with Gasteiger partial charge in [0.15, 0.2) is 0 Å². The summed E-state index contributed by atoms with van der Waals surface area (Å²) in [4.78, 5) is 13.0. The number of alkyl halides is 2. The maximum absolute atomic E-state index is 13.0. The Hall–Kier alpha value is -2.74. The quantitative estimate of drug-likeness (QED) is 0.326. The number of hydrogen-bond donors (Lipinski definition) is 3. The van der Waals surface area contributed by atoms with Crippen molar-refractivity contribution in [3.05, 3.63) is 53.2 Å². The fourth-order valence-corrected chi connectivity index (χ4v) is 1.97. The first-order valence-corrected chi connectivity index (χ1v) is 7.07. The summed E-state index contributed by atoms with van der Waals surface area (Å²) in [6.45, 7) is 1.91. The lowest BCUT2D eigenvalue weighted by molar-refractivity contribution is -0.109.